The smallest absolute Gasteiger partial charge is 0.344 e. The monoisotopic (exact) mass is 256 g/mol. The van der Waals surface area contributed by atoms with Gasteiger partial charge in [-0.05, 0) is 12.8 Å². The second-order valence-corrected chi connectivity index (χ2v) is 3.54. The van der Waals surface area contributed by atoms with Crippen LogP contribution in [0, 0.1) is 29.8 Å². The van der Waals surface area contributed by atoms with Crippen molar-refractivity contribution >= 4 is 5.97 Å². The van der Waals surface area contributed by atoms with E-state index in [9.17, 15) is 18.0 Å². The molecule has 0 aromatic heterocycles. The molecule has 1 rings (SSSR count). The fourth-order valence-electron chi connectivity index (χ4n) is 1.30. The molecule has 0 bridgehead atoms. The number of unbranched alkanes of at least 4 members (excludes halogenated alkanes) is 2. The molecule has 0 aliphatic carbocycles. The van der Waals surface area contributed by atoms with E-state index in [-0.39, 0.29) is 6.61 Å². The molecule has 0 heterocycles. The average Bonchev–Trinajstić information content (AvgIpc) is 2.27. The van der Waals surface area contributed by atoms with E-state index in [1.807, 2.05) is 0 Å². The van der Waals surface area contributed by atoms with Crippen molar-refractivity contribution in [3.8, 4) is 12.3 Å². The number of hydrogen-bond donors (Lipinski definition) is 0. The van der Waals surface area contributed by atoms with Crippen LogP contribution in [0.1, 0.15) is 29.6 Å². The van der Waals surface area contributed by atoms with Crippen LogP contribution in [0.4, 0.5) is 13.2 Å². The number of hydrogen-bond acceptors (Lipinski definition) is 2. The van der Waals surface area contributed by atoms with E-state index in [1.165, 1.54) is 0 Å². The molecular formula is C13H11F3O2. The Morgan fingerprint density at radius 3 is 2.39 bits per heavy atom. The van der Waals surface area contributed by atoms with Gasteiger partial charge in [0.2, 0.25) is 0 Å². The number of benzene rings is 1. The van der Waals surface area contributed by atoms with Gasteiger partial charge in [-0.1, -0.05) is 0 Å². The lowest BCUT2D eigenvalue weighted by Crippen LogP contribution is -2.11. The fourth-order valence-corrected chi connectivity index (χ4v) is 1.30. The lowest BCUT2D eigenvalue weighted by Gasteiger charge is -2.06. The Morgan fingerprint density at radius 2 is 1.83 bits per heavy atom. The predicted molar refractivity (Wildman–Crippen MR) is 59.3 cm³/mol. The van der Waals surface area contributed by atoms with E-state index in [1.54, 1.807) is 0 Å². The second kappa shape index (κ2) is 6.70. The molecule has 0 amide bonds. The Balaban J connectivity index is 2.60. The third-order valence-corrected chi connectivity index (χ3v) is 2.16. The van der Waals surface area contributed by atoms with Crippen LogP contribution in [0.15, 0.2) is 12.1 Å². The van der Waals surface area contributed by atoms with Gasteiger partial charge in [-0.15, -0.1) is 12.3 Å². The van der Waals surface area contributed by atoms with Crippen molar-refractivity contribution in [3.05, 3.63) is 35.1 Å². The summed E-state index contributed by atoms with van der Waals surface area (Å²) in [7, 11) is 0. The van der Waals surface area contributed by atoms with Crippen molar-refractivity contribution in [3.63, 3.8) is 0 Å². The molecule has 5 heteroatoms. The Hall–Kier alpha value is -1.96. The largest absolute Gasteiger partial charge is 0.462 e. The molecule has 0 unspecified atom stereocenters. The van der Waals surface area contributed by atoms with Crippen LogP contribution in [0.25, 0.3) is 0 Å². The summed E-state index contributed by atoms with van der Waals surface area (Å²) in [5, 5.41) is 0. The Bertz CT molecular complexity index is 455. The first-order valence-electron chi connectivity index (χ1n) is 5.31. The normalized spacial score (nSPS) is 9.89. The van der Waals surface area contributed by atoms with Gasteiger partial charge in [0, 0.05) is 18.6 Å². The molecule has 0 radical (unpaired) electrons. The average molecular weight is 256 g/mol. The zero-order chi connectivity index (χ0) is 13.5. The van der Waals surface area contributed by atoms with Crippen molar-refractivity contribution < 1.29 is 22.7 Å². The van der Waals surface area contributed by atoms with Gasteiger partial charge in [0.1, 0.15) is 23.0 Å². The maximum Gasteiger partial charge on any atom is 0.344 e. The van der Waals surface area contributed by atoms with Crippen LogP contribution in [-0.2, 0) is 4.74 Å². The van der Waals surface area contributed by atoms with Crippen molar-refractivity contribution in [2.24, 2.45) is 0 Å². The second-order valence-electron chi connectivity index (χ2n) is 3.54. The first kappa shape index (κ1) is 14.1. The van der Waals surface area contributed by atoms with E-state index in [0.29, 0.717) is 31.4 Å². The van der Waals surface area contributed by atoms with E-state index in [2.05, 4.69) is 10.7 Å². The molecule has 96 valence electrons. The summed E-state index contributed by atoms with van der Waals surface area (Å²) in [6.07, 6.45) is 6.71. The SMILES string of the molecule is C#CCCCCOC(=O)c1c(F)cc(F)cc1F. The highest BCUT2D eigenvalue weighted by Crippen LogP contribution is 2.16. The Labute approximate surface area is 103 Å². The number of ether oxygens (including phenoxy) is 1. The summed E-state index contributed by atoms with van der Waals surface area (Å²) in [5.41, 5.74) is -0.881. The van der Waals surface area contributed by atoms with Crippen LogP contribution in [0.5, 0.6) is 0 Å². The van der Waals surface area contributed by atoms with Gasteiger partial charge >= 0.3 is 5.97 Å². The summed E-state index contributed by atoms with van der Waals surface area (Å²) < 4.78 is 43.6. The summed E-state index contributed by atoms with van der Waals surface area (Å²) in [6.45, 7) is 0.0107. The number of carbonyl (C=O) groups excluding carboxylic acids is 1. The molecule has 0 fully saturated rings. The Kier molecular flexibility index (Phi) is 5.25. The van der Waals surface area contributed by atoms with Gasteiger partial charge < -0.3 is 4.74 Å². The Morgan fingerprint density at radius 1 is 1.22 bits per heavy atom. The molecule has 0 saturated carbocycles. The molecular weight excluding hydrogens is 245 g/mol. The number of esters is 1. The first-order chi connectivity index (χ1) is 8.56. The lowest BCUT2D eigenvalue weighted by atomic mass is 10.2. The standard InChI is InChI=1S/C13H11F3O2/c1-2-3-4-5-6-18-13(17)12-10(15)7-9(14)8-11(12)16/h1,7-8H,3-6H2. The van der Waals surface area contributed by atoms with E-state index < -0.39 is 29.0 Å². The van der Waals surface area contributed by atoms with E-state index >= 15 is 0 Å². The number of halogens is 3. The zero-order valence-electron chi connectivity index (χ0n) is 9.51. The highest BCUT2D eigenvalue weighted by molar-refractivity contribution is 5.90. The van der Waals surface area contributed by atoms with Gasteiger partial charge in [0.25, 0.3) is 0 Å². The van der Waals surface area contributed by atoms with Crippen molar-refractivity contribution in [1.82, 2.24) is 0 Å². The third kappa shape index (κ3) is 3.81. The maximum absolute atomic E-state index is 13.2. The molecule has 0 N–H and O–H groups in total. The van der Waals surface area contributed by atoms with Gasteiger partial charge in [0.15, 0.2) is 0 Å². The third-order valence-electron chi connectivity index (χ3n) is 2.16. The number of rotatable bonds is 5. The molecule has 2 nitrogen and oxygen atoms in total. The molecule has 0 saturated heterocycles. The van der Waals surface area contributed by atoms with Crippen LogP contribution < -0.4 is 0 Å². The van der Waals surface area contributed by atoms with Gasteiger partial charge in [0.05, 0.1) is 6.61 Å². The number of terminal acetylenes is 1. The molecule has 0 aliphatic rings. The predicted octanol–water partition coefficient (Wildman–Crippen LogP) is 3.06. The number of carbonyl (C=O) groups is 1. The topological polar surface area (TPSA) is 26.3 Å². The first-order valence-corrected chi connectivity index (χ1v) is 5.31. The van der Waals surface area contributed by atoms with Crippen molar-refractivity contribution in [2.45, 2.75) is 19.3 Å². The minimum Gasteiger partial charge on any atom is -0.462 e. The lowest BCUT2D eigenvalue weighted by molar-refractivity contribution is 0.0487. The minimum absolute atomic E-state index is 0.0107. The van der Waals surface area contributed by atoms with Gasteiger partial charge in [-0.2, -0.15) is 0 Å². The van der Waals surface area contributed by atoms with Crippen molar-refractivity contribution in [2.75, 3.05) is 6.61 Å². The summed E-state index contributed by atoms with van der Waals surface area (Å²) >= 11 is 0. The van der Waals surface area contributed by atoms with Crippen LogP contribution >= 0.6 is 0 Å². The highest BCUT2D eigenvalue weighted by atomic mass is 19.1. The molecule has 0 aliphatic heterocycles. The fraction of sp³-hybridized carbons (Fsp3) is 0.308. The highest BCUT2D eigenvalue weighted by Gasteiger charge is 2.20. The summed E-state index contributed by atoms with van der Waals surface area (Å²) in [5.74, 6) is -2.38. The summed E-state index contributed by atoms with van der Waals surface area (Å²) in [4.78, 5) is 11.4. The minimum atomic E-state index is -1.28. The molecule has 1 aromatic rings. The van der Waals surface area contributed by atoms with Crippen LogP contribution in [0.3, 0.4) is 0 Å². The molecule has 0 atom stereocenters. The van der Waals surface area contributed by atoms with Crippen LogP contribution in [0.2, 0.25) is 0 Å². The maximum atomic E-state index is 13.2. The van der Waals surface area contributed by atoms with Crippen molar-refractivity contribution in [1.29, 1.82) is 0 Å². The summed E-state index contributed by atoms with van der Waals surface area (Å²) in [6, 6.07) is 0.857. The quantitative estimate of drug-likeness (QED) is 0.460. The van der Waals surface area contributed by atoms with Gasteiger partial charge in [-0.3, -0.25) is 0 Å². The molecule has 18 heavy (non-hydrogen) atoms. The van der Waals surface area contributed by atoms with E-state index in [4.69, 9.17) is 6.42 Å². The molecule has 1 aromatic carbocycles. The van der Waals surface area contributed by atoms with E-state index in [0.717, 1.165) is 0 Å². The van der Waals surface area contributed by atoms with Gasteiger partial charge in [-0.25, -0.2) is 18.0 Å². The molecule has 0 spiro atoms. The zero-order valence-corrected chi connectivity index (χ0v) is 9.51. The van der Waals surface area contributed by atoms with Crippen LogP contribution in [-0.4, -0.2) is 12.6 Å².